The topological polar surface area (TPSA) is 157 Å². The lowest BCUT2D eigenvalue weighted by Gasteiger charge is -2.21. The second kappa shape index (κ2) is 17.6. The highest BCUT2D eigenvalue weighted by molar-refractivity contribution is 6.12. The molecule has 0 saturated carbocycles. The number of nitrogens with zero attached hydrogens (tertiary/aromatic N) is 3. The Balaban J connectivity index is 1.69. The van der Waals surface area contributed by atoms with Crippen molar-refractivity contribution in [3.05, 3.63) is 42.0 Å². The molecule has 1 aliphatic rings. The summed E-state index contributed by atoms with van der Waals surface area (Å²) in [5.74, 6) is -2.05. The molecule has 1 unspecified atom stereocenters. The molecule has 6 amide bonds. The van der Waals surface area contributed by atoms with Crippen LogP contribution in [-0.4, -0.2) is 104 Å². The summed E-state index contributed by atoms with van der Waals surface area (Å²) in [5, 5.41) is 8.00. The van der Waals surface area contributed by atoms with Crippen LogP contribution >= 0.6 is 0 Å². The summed E-state index contributed by atoms with van der Waals surface area (Å²) in [5.41, 5.74) is 1.27. The lowest BCUT2D eigenvalue weighted by Crippen LogP contribution is -2.51. The van der Waals surface area contributed by atoms with E-state index in [-0.39, 0.29) is 43.2 Å². The predicted molar refractivity (Wildman–Crippen MR) is 161 cm³/mol. The zero-order valence-electron chi connectivity index (χ0n) is 25.7. The van der Waals surface area contributed by atoms with E-state index in [0.29, 0.717) is 38.0 Å². The molecule has 3 N–H and O–H groups in total. The van der Waals surface area contributed by atoms with Crippen LogP contribution in [0.5, 0.6) is 0 Å². The Labute approximate surface area is 253 Å². The van der Waals surface area contributed by atoms with Crippen LogP contribution in [0.2, 0.25) is 0 Å². The Hall–Kier alpha value is -4.26. The summed E-state index contributed by atoms with van der Waals surface area (Å²) in [4.78, 5) is 77.4. The second-order valence-corrected chi connectivity index (χ2v) is 11.0. The molecule has 0 aliphatic carbocycles. The Kier molecular flexibility index (Phi) is 14.3. The summed E-state index contributed by atoms with van der Waals surface area (Å²) >= 11 is 0. The first kappa shape index (κ1) is 34.9. The number of unbranched alkanes of at least 4 members (excludes halogenated alkanes) is 2. The molecular weight excluding hydrogens is 556 g/mol. The molecule has 13 nitrogen and oxygen atoms in total. The van der Waals surface area contributed by atoms with E-state index in [9.17, 15) is 28.8 Å². The van der Waals surface area contributed by atoms with Gasteiger partial charge >= 0.3 is 6.09 Å². The Morgan fingerprint density at radius 2 is 1.53 bits per heavy atom. The lowest BCUT2D eigenvalue weighted by molar-refractivity contribution is -0.137. The van der Waals surface area contributed by atoms with E-state index in [0.717, 1.165) is 17.0 Å². The molecule has 2 rings (SSSR count). The van der Waals surface area contributed by atoms with E-state index in [4.69, 9.17) is 4.74 Å². The molecule has 0 aromatic heterocycles. The average molecular weight is 601 g/mol. The van der Waals surface area contributed by atoms with Crippen LogP contribution in [0, 0.1) is 5.92 Å². The SMILES string of the molecule is CC(C)C(NC(=O)CCCCCN1C(=O)C=CC1=O)C(=O)NCC(=O)Nc1ccc(COC(=O)N(C)CCN(C)C)cc1. The summed E-state index contributed by atoms with van der Waals surface area (Å²) in [7, 11) is 5.53. The summed E-state index contributed by atoms with van der Waals surface area (Å²) in [6.45, 7) is 4.98. The van der Waals surface area contributed by atoms with E-state index in [1.54, 1.807) is 45.2 Å². The van der Waals surface area contributed by atoms with Gasteiger partial charge in [0.05, 0.1) is 6.54 Å². The molecule has 0 fully saturated rings. The van der Waals surface area contributed by atoms with E-state index < -0.39 is 23.9 Å². The van der Waals surface area contributed by atoms with Crippen molar-refractivity contribution in [2.75, 3.05) is 52.6 Å². The van der Waals surface area contributed by atoms with Crippen LogP contribution < -0.4 is 16.0 Å². The van der Waals surface area contributed by atoms with Gasteiger partial charge in [0.15, 0.2) is 0 Å². The molecule has 1 aromatic carbocycles. The minimum absolute atomic E-state index is 0.0933. The van der Waals surface area contributed by atoms with Crippen molar-refractivity contribution >= 4 is 41.3 Å². The van der Waals surface area contributed by atoms with Gasteiger partial charge in [0.1, 0.15) is 12.6 Å². The third-order valence-electron chi connectivity index (χ3n) is 6.67. The second-order valence-electron chi connectivity index (χ2n) is 11.0. The first-order chi connectivity index (χ1) is 20.4. The molecule has 0 radical (unpaired) electrons. The van der Waals surface area contributed by atoms with Crippen molar-refractivity contribution in [3.8, 4) is 0 Å². The number of rotatable bonds is 17. The number of carbonyl (C=O) groups is 6. The third-order valence-corrected chi connectivity index (χ3v) is 6.67. The molecule has 0 spiro atoms. The molecule has 1 atom stereocenters. The Bertz CT molecular complexity index is 1150. The number of benzene rings is 1. The predicted octanol–water partition coefficient (Wildman–Crippen LogP) is 1.50. The van der Waals surface area contributed by atoms with Gasteiger partial charge in [-0.05, 0) is 50.6 Å². The molecule has 43 heavy (non-hydrogen) atoms. The van der Waals surface area contributed by atoms with Gasteiger partial charge in [-0.25, -0.2) is 4.79 Å². The van der Waals surface area contributed by atoms with Crippen LogP contribution in [0.25, 0.3) is 0 Å². The van der Waals surface area contributed by atoms with Gasteiger partial charge < -0.3 is 30.5 Å². The normalized spacial score (nSPS) is 13.3. The summed E-state index contributed by atoms with van der Waals surface area (Å²) in [6.07, 6.45) is 4.02. The largest absolute Gasteiger partial charge is 0.445 e. The van der Waals surface area contributed by atoms with Crippen molar-refractivity contribution in [3.63, 3.8) is 0 Å². The van der Waals surface area contributed by atoms with Crippen LogP contribution in [0.4, 0.5) is 10.5 Å². The monoisotopic (exact) mass is 600 g/mol. The summed E-state index contributed by atoms with van der Waals surface area (Å²) < 4.78 is 5.31. The fourth-order valence-corrected chi connectivity index (χ4v) is 4.03. The quantitative estimate of drug-likeness (QED) is 0.179. The highest BCUT2D eigenvalue weighted by atomic mass is 16.6. The number of ether oxygens (including phenoxy) is 1. The maximum Gasteiger partial charge on any atom is 0.409 e. The van der Waals surface area contributed by atoms with Crippen molar-refractivity contribution in [2.24, 2.45) is 5.92 Å². The van der Waals surface area contributed by atoms with Gasteiger partial charge in [-0.1, -0.05) is 32.4 Å². The van der Waals surface area contributed by atoms with Crippen molar-refractivity contribution < 1.29 is 33.5 Å². The number of hydrogen-bond acceptors (Lipinski definition) is 8. The molecule has 236 valence electrons. The number of likely N-dealkylation sites (N-methyl/N-ethyl adjacent to an activating group) is 2. The standard InChI is InChI=1S/C30H44N6O7/c1-21(2)28(33-24(37)9-7-6-8-16-36-26(39)14-15-27(36)40)29(41)31-19-25(38)32-23-12-10-22(11-13-23)20-43-30(42)35(5)18-17-34(3)4/h10-15,21,28H,6-9,16-20H2,1-5H3,(H,31,41)(H,32,38)(H,33,37). The smallest absolute Gasteiger partial charge is 0.409 e. The van der Waals surface area contributed by atoms with Gasteiger partial charge in [-0.15, -0.1) is 0 Å². The lowest BCUT2D eigenvalue weighted by atomic mass is 10.0. The zero-order valence-corrected chi connectivity index (χ0v) is 25.7. The van der Waals surface area contributed by atoms with Crippen LogP contribution in [0.1, 0.15) is 45.1 Å². The van der Waals surface area contributed by atoms with Crippen LogP contribution in [-0.2, 0) is 35.3 Å². The van der Waals surface area contributed by atoms with E-state index in [1.165, 1.54) is 17.1 Å². The van der Waals surface area contributed by atoms with Gasteiger partial charge in [0.2, 0.25) is 17.7 Å². The Morgan fingerprint density at radius 1 is 0.884 bits per heavy atom. The zero-order chi connectivity index (χ0) is 31.9. The molecule has 0 bridgehead atoms. The number of nitrogens with one attached hydrogen (secondary N) is 3. The van der Waals surface area contributed by atoms with Gasteiger partial charge in [0, 0.05) is 50.9 Å². The number of hydrogen-bond donors (Lipinski definition) is 3. The third kappa shape index (κ3) is 12.6. The average Bonchev–Trinajstić information content (AvgIpc) is 3.28. The molecule has 1 aromatic rings. The van der Waals surface area contributed by atoms with Crippen LogP contribution in [0.15, 0.2) is 36.4 Å². The minimum atomic E-state index is -0.810. The van der Waals surface area contributed by atoms with Gasteiger partial charge in [-0.3, -0.25) is 28.9 Å². The van der Waals surface area contributed by atoms with Gasteiger partial charge in [-0.2, -0.15) is 0 Å². The minimum Gasteiger partial charge on any atom is -0.445 e. The molecule has 1 aliphatic heterocycles. The number of carbonyl (C=O) groups excluding carboxylic acids is 6. The number of imide groups is 1. The van der Waals surface area contributed by atoms with E-state index in [1.807, 2.05) is 19.0 Å². The van der Waals surface area contributed by atoms with Gasteiger partial charge in [0.25, 0.3) is 11.8 Å². The van der Waals surface area contributed by atoms with Crippen molar-refractivity contribution in [1.29, 1.82) is 0 Å². The fourth-order valence-electron chi connectivity index (χ4n) is 4.03. The Morgan fingerprint density at radius 3 is 2.14 bits per heavy atom. The number of amides is 6. The van der Waals surface area contributed by atoms with E-state index in [2.05, 4.69) is 16.0 Å². The highest BCUT2D eigenvalue weighted by Gasteiger charge is 2.25. The molecule has 13 heteroatoms. The fraction of sp³-hybridized carbons (Fsp3) is 0.533. The maximum atomic E-state index is 12.7. The first-order valence-corrected chi connectivity index (χ1v) is 14.4. The van der Waals surface area contributed by atoms with Crippen molar-refractivity contribution in [2.45, 2.75) is 52.2 Å². The van der Waals surface area contributed by atoms with Crippen molar-refractivity contribution in [1.82, 2.24) is 25.3 Å². The molecule has 1 heterocycles. The summed E-state index contributed by atoms with van der Waals surface area (Å²) in [6, 6.07) is 6.00. The van der Waals surface area contributed by atoms with E-state index >= 15 is 0 Å². The maximum absolute atomic E-state index is 12.7. The molecule has 0 saturated heterocycles. The number of anilines is 1. The highest BCUT2D eigenvalue weighted by Crippen LogP contribution is 2.12. The first-order valence-electron chi connectivity index (χ1n) is 14.4. The van der Waals surface area contributed by atoms with Crippen LogP contribution in [0.3, 0.4) is 0 Å². The molecular formula is C30H44N6O7.